The van der Waals surface area contributed by atoms with Gasteiger partial charge in [-0.15, -0.1) is 0 Å². The first-order valence-corrected chi connectivity index (χ1v) is 10.4. The van der Waals surface area contributed by atoms with Crippen molar-refractivity contribution in [2.45, 2.75) is 64.6 Å². The molecule has 0 spiro atoms. The third kappa shape index (κ3) is 4.87. The Bertz CT molecular complexity index is 1020. The Morgan fingerprint density at radius 3 is 2.43 bits per heavy atom. The number of fused-ring (bicyclic) bond motifs is 1. The zero-order chi connectivity index (χ0) is 22.3. The predicted molar refractivity (Wildman–Crippen MR) is 126 cm³/mol. The molecule has 1 aromatic rings. The summed E-state index contributed by atoms with van der Waals surface area (Å²) in [6.07, 6.45) is 9.26. The smallest absolute Gasteiger partial charge is 0.125 e. The second kappa shape index (κ2) is 7.84. The lowest BCUT2D eigenvalue weighted by Gasteiger charge is -2.49. The Balaban J connectivity index is 1.82. The molecule has 2 heterocycles. The summed E-state index contributed by atoms with van der Waals surface area (Å²) in [5.41, 5.74) is 8.66. The van der Waals surface area contributed by atoms with Crippen LogP contribution in [0.1, 0.15) is 47.5 Å². The van der Waals surface area contributed by atoms with Crippen LogP contribution in [0.3, 0.4) is 0 Å². The van der Waals surface area contributed by atoms with E-state index in [4.69, 9.17) is 11.1 Å². The van der Waals surface area contributed by atoms with E-state index in [2.05, 4.69) is 38.3 Å². The number of nitrogens with two attached hydrogens (primary N) is 1. The minimum Gasteiger partial charge on any atom is -0.507 e. The number of benzene rings is 1. The van der Waals surface area contributed by atoms with Gasteiger partial charge in [-0.2, -0.15) is 0 Å². The van der Waals surface area contributed by atoms with Gasteiger partial charge in [-0.3, -0.25) is 5.41 Å². The summed E-state index contributed by atoms with van der Waals surface area (Å²) in [5, 5.41) is 27.4. The van der Waals surface area contributed by atoms with Crippen molar-refractivity contribution < 1.29 is 5.11 Å². The van der Waals surface area contributed by atoms with E-state index >= 15 is 0 Å². The lowest BCUT2D eigenvalue weighted by Crippen LogP contribution is -2.62. The predicted octanol–water partition coefficient (Wildman–Crippen LogP) is 2.34. The molecule has 0 aliphatic carbocycles. The average molecular weight is 410 g/mol. The fraction of sp³-hybridized carbons (Fsp3) is 0.458. The van der Waals surface area contributed by atoms with Gasteiger partial charge in [-0.1, -0.05) is 6.08 Å². The van der Waals surface area contributed by atoms with E-state index < -0.39 is 0 Å². The number of rotatable bonds is 3. The Kier molecular flexibility index (Phi) is 5.74. The number of aromatic hydroxyl groups is 1. The molecule has 0 radical (unpaired) electrons. The summed E-state index contributed by atoms with van der Waals surface area (Å²) < 4.78 is 0. The second-order valence-electron chi connectivity index (χ2n) is 9.84. The normalized spacial score (nSPS) is 21.2. The van der Waals surface area contributed by atoms with Crippen molar-refractivity contribution in [2.75, 3.05) is 12.4 Å². The van der Waals surface area contributed by atoms with Crippen LogP contribution in [0.15, 0.2) is 36.1 Å². The van der Waals surface area contributed by atoms with Gasteiger partial charge in [0.25, 0.3) is 0 Å². The van der Waals surface area contributed by atoms with Crippen LogP contribution in [0.5, 0.6) is 5.75 Å². The molecule has 0 amide bonds. The molecule has 0 aromatic heterocycles. The van der Waals surface area contributed by atoms with E-state index in [-0.39, 0.29) is 22.9 Å². The van der Waals surface area contributed by atoms with Gasteiger partial charge in [0.2, 0.25) is 0 Å². The molecular weight excluding hydrogens is 374 g/mol. The van der Waals surface area contributed by atoms with Gasteiger partial charge in [0.15, 0.2) is 0 Å². The monoisotopic (exact) mass is 409 g/mol. The molecule has 1 fully saturated rings. The van der Waals surface area contributed by atoms with Crippen molar-refractivity contribution in [1.82, 2.24) is 10.2 Å². The van der Waals surface area contributed by atoms with Crippen LogP contribution in [0.4, 0.5) is 5.69 Å². The molecular formula is C24H35N5O. The molecule has 0 unspecified atom stereocenters. The first kappa shape index (κ1) is 22.0. The Labute approximate surface area is 179 Å². The van der Waals surface area contributed by atoms with Gasteiger partial charge in [-0.05, 0) is 77.8 Å². The zero-order valence-corrected chi connectivity index (χ0v) is 18.9. The summed E-state index contributed by atoms with van der Waals surface area (Å²) in [5.74, 6) is 0.530. The molecule has 0 bridgehead atoms. The van der Waals surface area contributed by atoms with E-state index in [9.17, 15) is 5.11 Å². The highest BCUT2D eigenvalue weighted by atomic mass is 16.3. The molecule has 162 valence electrons. The molecule has 6 N–H and O–H groups in total. The van der Waals surface area contributed by atoms with Crippen LogP contribution < -0.4 is 26.8 Å². The average Bonchev–Trinajstić information content (AvgIpc) is 2.62. The van der Waals surface area contributed by atoms with Crippen molar-refractivity contribution in [3.8, 4) is 5.75 Å². The third-order valence-corrected chi connectivity index (χ3v) is 5.84. The van der Waals surface area contributed by atoms with E-state index in [1.165, 1.54) is 0 Å². The number of allylic oxidation sites excluding steroid dienone is 2. The minimum atomic E-state index is 0.0152. The van der Waals surface area contributed by atoms with Gasteiger partial charge in [-0.25, -0.2) is 0 Å². The fourth-order valence-corrected chi connectivity index (χ4v) is 4.67. The number of hydrogen-bond acceptors (Lipinski definition) is 5. The summed E-state index contributed by atoms with van der Waals surface area (Å²) in [6.45, 7) is 10.8. The summed E-state index contributed by atoms with van der Waals surface area (Å²) in [4.78, 5) is 2.02. The van der Waals surface area contributed by atoms with Crippen molar-refractivity contribution in [2.24, 2.45) is 5.73 Å². The standard InChI is InChI=1S/C24H35N5O/c1-15-7-8-16-11-21(30)18(12-20(16)27-15)19(25)9-10-22(26)29(6)17-13-23(2,3)28-24(4,5)14-17/h7-12,17,26-28,30H,13-14,25H2,1-6H3. The summed E-state index contributed by atoms with van der Waals surface area (Å²) in [6, 6.07) is 3.82. The fourth-order valence-electron chi connectivity index (χ4n) is 4.67. The SMILES string of the molecule is CC1=CC=c2cc(O)c(=C(N)C=CC(=N)N(C)C3CC(C)(C)NC(C)(C)C3)cc2N1. The number of hydrogen-bond donors (Lipinski definition) is 5. The molecule has 0 saturated carbocycles. The Morgan fingerprint density at radius 1 is 1.17 bits per heavy atom. The number of anilines is 1. The minimum absolute atomic E-state index is 0.0152. The highest BCUT2D eigenvalue weighted by Crippen LogP contribution is 2.31. The van der Waals surface area contributed by atoms with Gasteiger partial charge in [0, 0.05) is 51.7 Å². The van der Waals surface area contributed by atoms with E-state index in [1.54, 1.807) is 18.2 Å². The summed E-state index contributed by atoms with van der Waals surface area (Å²) in [7, 11) is 1.97. The molecule has 1 saturated heterocycles. The van der Waals surface area contributed by atoms with Crippen LogP contribution in [-0.2, 0) is 0 Å². The number of likely N-dealkylation sites (N-methyl/N-ethyl adjacent to an activating group) is 1. The zero-order valence-electron chi connectivity index (χ0n) is 18.9. The topological polar surface area (TPSA) is 97.4 Å². The number of phenols is 1. The van der Waals surface area contributed by atoms with Crippen molar-refractivity contribution in [3.63, 3.8) is 0 Å². The number of nitrogens with one attached hydrogen (secondary N) is 3. The van der Waals surface area contributed by atoms with Gasteiger partial charge >= 0.3 is 0 Å². The number of nitrogens with zero attached hydrogens (tertiary/aromatic N) is 1. The highest BCUT2D eigenvalue weighted by Gasteiger charge is 2.39. The first-order valence-electron chi connectivity index (χ1n) is 10.4. The molecule has 2 aliphatic heterocycles. The quantitative estimate of drug-likeness (QED) is 0.300. The molecule has 0 atom stereocenters. The van der Waals surface area contributed by atoms with E-state index in [1.807, 2.05) is 37.1 Å². The van der Waals surface area contributed by atoms with Crippen molar-refractivity contribution >= 4 is 23.3 Å². The van der Waals surface area contributed by atoms with E-state index in [0.29, 0.717) is 16.8 Å². The molecule has 1 aromatic carbocycles. The highest BCUT2D eigenvalue weighted by molar-refractivity contribution is 5.92. The third-order valence-electron chi connectivity index (χ3n) is 5.84. The van der Waals surface area contributed by atoms with Crippen LogP contribution in [-0.4, -0.2) is 40.0 Å². The molecule has 3 rings (SSSR count). The maximum absolute atomic E-state index is 10.4. The van der Waals surface area contributed by atoms with Crippen LogP contribution in [0.25, 0.3) is 11.8 Å². The van der Waals surface area contributed by atoms with Crippen molar-refractivity contribution in [1.29, 1.82) is 5.41 Å². The number of phenolic OH excluding ortho intramolecular Hbond substituents is 1. The molecule has 30 heavy (non-hydrogen) atoms. The number of piperidine rings is 1. The van der Waals surface area contributed by atoms with Crippen molar-refractivity contribution in [3.05, 3.63) is 46.5 Å². The maximum Gasteiger partial charge on any atom is 0.125 e. The Morgan fingerprint density at radius 2 is 1.80 bits per heavy atom. The lowest BCUT2D eigenvalue weighted by molar-refractivity contribution is 0.114. The van der Waals surface area contributed by atoms with Crippen LogP contribution in [0, 0.1) is 5.41 Å². The second-order valence-corrected chi connectivity index (χ2v) is 9.84. The lowest BCUT2D eigenvalue weighted by atomic mass is 9.79. The molecule has 6 nitrogen and oxygen atoms in total. The Hall–Kier alpha value is -2.73. The van der Waals surface area contributed by atoms with Gasteiger partial charge < -0.3 is 26.4 Å². The molecule has 6 heteroatoms. The summed E-state index contributed by atoms with van der Waals surface area (Å²) >= 11 is 0. The van der Waals surface area contributed by atoms with E-state index in [0.717, 1.165) is 29.4 Å². The van der Waals surface area contributed by atoms with Gasteiger partial charge in [0.1, 0.15) is 11.6 Å². The number of amidine groups is 1. The maximum atomic E-state index is 10.4. The van der Waals surface area contributed by atoms with Crippen LogP contribution >= 0.6 is 0 Å². The van der Waals surface area contributed by atoms with Gasteiger partial charge in [0.05, 0.1) is 0 Å². The first-order chi connectivity index (χ1) is 13.9. The molecule has 2 aliphatic rings. The largest absolute Gasteiger partial charge is 0.507 e. The van der Waals surface area contributed by atoms with Crippen LogP contribution in [0.2, 0.25) is 0 Å².